The summed E-state index contributed by atoms with van der Waals surface area (Å²) >= 11 is 1.42. The van der Waals surface area contributed by atoms with Crippen LogP contribution in [0.5, 0.6) is 0 Å². The molecule has 4 aromatic rings. The van der Waals surface area contributed by atoms with E-state index >= 15 is 0 Å². The number of carbonyl (C=O) groups excluding carboxylic acids is 1. The highest BCUT2D eigenvalue weighted by Gasteiger charge is 2.15. The van der Waals surface area contributed by atoms with Gasteiger partial charge in [0.05, 0.1) is 0 Å². The Kier molecular flexibility index (Phi) is 4.61. The molecule has 29 heavy (non-hydrogen) atoms. The van der Waals surface area contributed by atoms with E-state index in [1.54, 1.807) is 0 Å². The molecule has 1 aliphatic heterocycles. The van der Waals surface area contributed by atoms with E-state index in [1.165, 1.54) is 38.9 Å². The fourth-order valence-corrected chi connectivity index (χ4v) is 4.65. The number of nitrogens with zero attached hydrogens (tertiary/aromatic N) is 3. The molecule has 0 fully saturated rings. The molecule has 146 valence electrons. The van der Waals surface area contributed by atoms with Crippen LogP contribution < -0.4 is 10.6 Å². The Morgan fingerprint density at radius 2 is 2.10 bits per heavy atom. The molecule has 0 saturated heterocycles. The van der Waals surface area contributed by atoms with Crippen molar-refractivity contribution in [3.8, 4) is 0 Å². The van der Waals surface area contributed by atoms with Gasteiger partial charge >= 0.3 is 0 Å². The Morgan fingerprint density at radius 1 is 1.21 bits per heavy atom. The van der Waals surface area contributed by atoms with Gasteiger partial charge in [-0.15, -0.1) is 10.2 Å². The van der Waals surface area contributed by atoms with Crippen LogP contribution in [0.1, 0.15) is 32.1 Å². The number of para-hydroxylation sites is 1. The molecule has 2 N–H and O–H groups in total. The van der Waals surface area contributed by atoms with Crippen molar-refractivity contribution in [3.63, 3.8) is 0 Å². The van der Waals surface area contributed by atoms with Crippen LogP contribution in [0.4, 0.5) is 5.13 Å². The first kappa shape index (κ1) is 18.0. The molecule has 0 bridgehead atoms. The van der Waals surface area contributed by atoms with Crippen LogP contribution in [0.25, 0.3) is 10.9 Å². The van der Waals surface area contributed by atoms with Gasteiger partial charge in [0.15, 0.2) is 0 Å². The number of aromatic nitrogens is 3. The minimum absolute atomic E-state index is 0.140. The molecule has 7 heteroatoms. The predicted octanol–water partition coefficient (Wildman–Crippen LogP) is 3.52. The second-order valence-corrected chi connectivity index (χ2v) is 8.39. The number of rotatable bonds is 4. The van der Waals surface area contributed by atoms with Crippen LogP contribution in [0.3, 0.4) is 0 Å². The lowest BCUT2D eigenvalue weighted by molar-refractivity contribution is 0.102. The molecular formula is C22H21N5OS. The van der Waals surface area contributed by atoms with E-state index in [1.807, 2.05) is 37.4 Å². The number of benzene rings is 2. The molecule has 0 spiro atoms. The highest BCUT2D eigenvalue weighted by atomic mass is 32.1. The van der Waals surface area contributed by atoms with Gasteiger partial charge < -0.3 is 9.88 Å². The topological polar surface area (TPSA) is 71.8 Å². The van der Waals surface area contributed by atoms with Crippen molar-refractivity contribution >= 4 is 33.3 Å². The van der Waals surface area contributed by atoms with Crippen LogP contribution >= 0.6 is 11.3 Å². The van der Waals surface area contributed by atoms with E-state index in [2.05, 4.69) is 43.7 Å². The van der Waals surface area contributed by atoms with Gasteiger partial charge in [0, 0.05) is 42.7 Å². The largest absolute Gasteiger partial charge is 0.350 e. The summed E-state index contributed by atoms with van der Waals surface area (Å²) in [7, 11) is 2.05. The third-order valence-corrected chi connectivity index (χ3v) is 6.20. The van der Waals surface area contributed by atoms with Crippen LogP contribution in [-0.2, 0) is 26.4 Å². The average molecular weight is 404 g/mol. The lowest BCUT2D eigenvalue weighted by Gasteiger charge is -2.17. The summed E-state index contributed by atoms with van der Waals surface area (Å²) in [6.07, 6.45) is 3.78. The molecule has 2 aromatic heterocycles. The molecule has 2 aromatic carbocycles. The fraction of sp³-hybridized carbons (Fsp3) is 0.227. The number of carbonyl (C=O) groups is 1. The summed E-state index contributed by atoms with van der Waals surface area (Å²) in [6.45, 7) is 1.82. The predicted molar refractivity (Wildman–Crippen MR) is 115 cm³/mol. The lowest BCUT2D eigenvalue weighted by atomic mass is 9.98. The number of nitrogens with one attached hydrogen (secondary N) is 2. The summed E-state index contributed by atoms with van der Waals surface area (Å²) < 4.78 is 2.12. The van der Waals surface area contributed by atoms with Crippen molar-refractivity contribution in [1.29, 1.82) is 0 Å². The average Bonchev–Trinajstić information content (AvgIpc) is 3.32. The molecule has 0 atom stereocenters. The van der Waals surface area contributed by atoms with Crippen LogP contribution in [0, 0.1) is 0 Å². The zero-order valence-corrected chi connectivity index (χ0v) is 16.9. The minimum atomic E-state index is -0.140. The molecule has 5 rings (SSSR count). The van der Waals surface area contributed by atoms with Gasteiger partial charge in [-0.1, -0.05) is 35.6 Å². The molecule has 1 amide bonds. The van der Waals surface area contributed by atoms with Crippen molar-refractivity contribution in [2.45, 2.75) is 19.4 Å². The number of fused-ring (bicyclic) bond motifs is 2. The first-order valence-corrected chi connectivity index (χ1v) is 10.5. The highest BCUT2D eigenvalue weighted by Crippen LogP contribution is 2.25. The van der Waals surface area contributed by atoms with Gasteiger partial charge in [0.1, 0.15) is 5.01 Å². The first-order chi connectivity index (χ1) is 14.2. The van der Waals surface area contributed by atoms with Crippen molar-refractivity contribution in [3.05, 3.63) is 75.9 Å². The van der Waals surface area contributed by atoms with Gasteiger partial charge in [-0.25, -0.2) is 0 Å². The zero-order chi connectivity index (χ0) is 19.8. The summed E-state index contributed by atoms with van der Waals surface area (Å²) in [5.41, 5.74) is 5.58. The SMILES string of the molecule is Cn1cc(Cc2nnc(NC(=O)c3ccc4c(c3)CCNC4)s2)c2ccccc21. The maximum Gasteiger partial charge on any atom is 0.257 e. The molecule has 0 radical (unpaired) electrons. The standard InChI is InChI=1S/C22H21N5OS/c1-27-13-17(18-4-2-3-5-19(18)27)11-20-25-26-22(29-20)24-21(28)15-6-7-16-12-23-9-8-14(16)10-15/h2-7,10,13,23H,8-9,11-12H2,1H3,(H,24,26,28). The molecule has 0 saturated carbocycles. The maximum absolute atomic E-state index is 12.7. The Morgan fingerprint density at radius 3 is 3.03 bits per heavy atom. The summed E-state index contributed by atoms with van der Waals surface area (Å²) in [4.78, 5) is 12.7. The number of hydrogen-bond donors (Lipinski definition) is 2. The van der Waals surface area contributed by atoms with Crippen molar-refractivity contribution in [1.82, 2.24) is 20.1 Å². The Hall–Kier alpha value is -3.03. The fourth-order valence-electron chi connectivity index (χ4n) is 3.89. The Bertz CT molecular complexity index is 1210. The second kappa shape index (κ2) is 7.42. The number of hydrogen-bond acceptors (Lipinski definition) is 5. The van der Waals surface area contributed by atoms with E-state index in [-0.39, 0.29) is 5.91 Å². The number of aryl methyl sites for hydroxylation is 1. The lowest BCUT2D eigenvalue weighted by Crippen LogP contribution is -2.24. The Balaban J connectivity index is 1.32. The quantitative estimate of drug-likeness (QED) is 0.547. The monoisotopic (exact) mass is 403 g/mol. The third-order valence-electron chi connectivity index (χ3n) is 5.36. The van der Waals surface area contributed by atoms with Crippen LogP contribution in [-0.4, -0.2) is 27.2 Å². The number of anilines is 1. The van der Waals surface area contributed by atoms with Crippen molar-refractivity contribution < 1.29 is 4.79 Å². The molecule has 3 heterocycles. The van der Waals surface area contributed by atoms with E-state index in [4.69, 9.17) is 0 Å². The van der Waals surface area contributed by atoms with Gasteiger partial charge in [0.2, 0.25) is 5.13 Å². The summed E-state index contributed by atoms with van der Waals surface area (Å²) in [5.74, 6) is -0.140. The van der Waals surface area contributed by atoms with E-state index in [0.29, 0.717) is 17.1 Å². The Labute approximate surface area is 172 Å². The molecule has 0 aliphatic carbocycles. The second-order valence-electron chi connectivity index (χ2n) is 7.32. The molecule has 6 nitrogen and oxygen atoms in total. The maximum atomic E-state index is 12.7. The van der Waals surface area contributed by atoms with E-state index < -0.39 is 0 Å². The van der Waals surface area contributed by atoms with Crippen molar-refractivity contribution in [2.24, 2.45) is 7.05 Å². The van der Waals surface area contributed by atoms with Gasteiger partial charge in [-0.05, 0) is 47.9 Å². The first-order valence-electron chi connectivity index (χ1n) is 9.66. The molecule has 1 aliphatic rings. The van der Waals surface area contributed by atoms with Gasteiger partial charge in [-0.3, -0.25) is 10.1 Å². The molecule has 0 unspecified atom stereocenters. The summed E-state index contributed by atoms with van der Waals surface area (Å²) in [6, 6.07) is 14.2. The third kappa shape index (κ3) is 3.54. The van der Waals surface area contributed by atoms with E-state index in [0.717, 1.165) is 24.5 Å². The van der Waals surface area contributed by atoms with Crippen LogP contribution in [0.2, 0.25) is 0 Å². The summed E-state index contributed by atoms with van der Waals surface area (Å²) in [5, 5.41) is 17.3. The van der Waals surface area contributed by atoms with Gasteiger partial charge in [-0.2, -0.15) is 0 Å². The smallest absolute Gasteiger partial charge is 0.257 e. The van der Waals surface area contributed by atoms with Gasteiger partial charge in [0.25, 0.3) is 5.91 Å². The zero-order valence-electron chi connectivity index (χ0n) is 16.1. The minimum Gasteiger partial charge on any atom is -0.350 e. The highest BCUT2D eigenvalue weighted by molar-refractivity contribution is 7.15. The molecular weight excluding hydrogens is 382 g/mol. The normalized spacial score (nSPS) is 13.4. The number of amides is 1. The van der Waals surface area contributed by atoms with Crippen molar-refractivity contribution in [2.75, 3.05) is 11.9 Å². The van der Waals surface area contributed by atoms with E-state index in [9.17, 15) is 4.79 Å². The van der Waals surface area contributed by atoms with Crippen LogP contribution in [0.15, 0.2) is 48.7 Å².